The van der Waals surface area contributed by atoms with Crippen molar-refractivity contribution in [3.8, 4) is 0 Å². The van der Waals surface area contributed by atoms with E-state index in [9.17, 15) is 4.79 Å². The molecule has 1 aliphatic heterocycles. The molecule has 0 aliphatic carbocycles. The van der Waals surface area contributed by atoms with Crippen LogP contribution in [0.1, 0.15) is 11.3 Å². The molecule has 0 unspecified atom stereocenters. The van der Waals surface area contributed by atoms with Crippen molar-refractivity contribution in [3.05, 3.63) is 51.9 Å². The highest BCUT2D eigenvalue weighted by atomic mass is 35.5. The first-order valence-corrected chi connectivity index (χ1v) is 5.97. The summed E-state index contributed by atoms with van der Waals surface area (Å²) in [7, 11) is 0. The van der Waals surface area contributed by atoms with Crippen molar-refractivity contribution in [2.75, 3.05) is 5.32 Å². The Balaban J connectivity index is 2.09. The largest absolute Gasteiger partial charge is 0.445 e. The molecule has 0 spiro atoms. The summed E-state index contributed by atoms with van der Waals surface area (Å²) >= 11 is 11.6. The normalized spacial score (nSPS) is 15.9. The SMILES string of the molecule is O=C1Nc2cc(Cl)ccc2/C1=C\c1ccc(Cl)o1. The van der Waals surface area contributed by atoms with Gasteiger partial charge in [-0.2, -0.15) is 0 Å². The molecule has 3 nitrogen and oxygen atoms in total. The number of hydrogen-bond acceptors (Lipinski definition) is 2. The molecule has 1 amide bonds. The zero-order valence-corrected chi connectivity index (χ0v) is 10.5. The second-order valence-electron chi connectivity index (χ2n) is 3.84. The highest BCUT2D eigenvalue weighted by Gasteiger charge is 2.24. The lowest BCUT2D eigenvalue weighted by Crippen LogP contribution is -2.03. The molecule has 3 rings (SSSR count). The van der Waals surface area contributed by atoms with Crippen LogP contribution in [0.4, 0.5) is 5.69 Å². The average Bonchev–Trinajstić information content (AvgIpc) is 2.84. The summed E-state index contributed by atoms with van der Waals surface area (Å²) in [6.07, 6.45) is 1.65. The first-order valence-electron chi connectivity index (χ1n) is 5.22. The van der Waals surface area contributed by atoms with Crippen molar-refractivity contribution in [3.63, 3.8) is 0 Å². The number of halogens is 2. The maximum atomic E-state index is 11.9. The van der Waals surface area contributed by atoms with Gasteiger partial charge in [-0.1, -0.05) is 17.7 Å². The van der Waals surface area contributed by atoms with Gasteiger partial charge in [0.25, 0.3) is 5.91 Å². The van der Waals surface area contributed by atoms with Gasteiger partial charge in [-0.15, -0.1) is 0 Å². The van der Waals surface area contributed by atoms with E-state index in [0.717, 1.165) is 5.56 Å². The van der Waals surface area contributed by atoms with Crippen LogP contribution in [0.2, 0.25) is 10.2 Å². The predicted molar refractivity (Wildman–Crippen MR) is 71.7 cm³/mol. The van der Waals surface area contributed by atoms with E-state index in [1.165, 1.54) is 0 Å². The van der Waals surface area contributed by atoms with Crippen LogP contribution < -0.4 is 5.32 Å². The van der Waals surface area contributed by atoms with Gasteiger partial charge >= 0.3 is 0 Å². The Labute approximate surface area is 113 Å². The number of benzene rings is 1. The van der Waals surface area contributed by atoms with Crippen LogP contribution in [0.25, 0.3) is 11.6 Å². The first kappa shape index (κ1) is 11.4. The number of carbonyl (C=O) groups excluding carboxylic acids is 1. The van der Waals surface area contributed by atoms with Crippen molar-refractivity contribution in [1.82, 2.24) is 0 Å². The third kappa shape index (κ3) is 1.92. The van der Waals surface area contributed by atoms with Crippen molar-refractivity contribution >= 4 is 46.4 Å². The molecule has 0 fully saturated rings. The first-order chi connectivity index (χ1) is 8.63. The van der Waals surface area contributed by atoms with E-state index >= 15 is 0 Å². The zero-order valence-electron chi connectivity index (χ0n) is 9.04. The van der Waals surface area contributed by atoms with Crippen molar-refractivity contribution in [1.29, 1.82) is 0 Å². The fourth-order valence-corrected chi connectivity index (χ4v) is 2.18. The van der Waals surface area contributed by atoms with E-state index < -0.39 is 0 Å². The molecular weight excluding hydrogens is 273 g/mol. The molecular formula is C13H7Cl2NO2. The van der Waals surface area contributed by atoms with E-state index in [1.54, 1.807) is 36.4 Å². The number of amides is 1. The number of rotatable bonds is 1. The maximum Gasteiger partial charge on any atom is 0.256 e. The predicted octanol–water partition coefficient (Wildman–Crippen LogP) is 4.08. The number of carbonyl (C=O) groups is 1. The second-order valence-corrected chi connectivity index (χ2v) is 4.65. The number of fused-ring (bicyclic) bond motifs is 1. The van der Waals surface area contributed by atoms with Gasteiger partial charge in [0.2, 0.25) is 0 Å². The van der Waals surface area contributed by atoms with Crippen LogP contribution in [0.3, 0.4) is 0 Å². The summed E-state index contributed by atoms with van der Waals surface area (Å²) in [5.74, 6) is 0.354. The quantitative estimate of drug-likeness (QED) is 0.800. The summed E-state index contributed by atoms with van der Waals surface area (Å²) in [6, 6.07) is 8.58. The van der Waals surface area contributed by atoms with Crippen LogP contribution >= 0.6 is 23.2 Å². The van der Waals surface area contributed by atoms with Gasteiger partial charge in [0.05, 0.1) is 11.3 Å². The van der Waals surface area contributed by atoms with Crippen molar-refractivity contribution < 1.29 is 9.21 Å². The molecule has 0 radical (unpaired) electrons. The molecule has 0 saturated heterocycles. The molecule has 1 aromatic carbocycles. The van der Waals surface area contributed by atoms with Gasteiger partial charge in [0.15, 0.2) is 5.22 Å². The number of hydrogen-bond donors (Lipinski definition) is 1. The van der Waals surface area contributed by atoms with Gasteiger partial charge in [0.1, 0.15) is 5.76 Å². The van der Waals surface area contributed by atoms with E-state index in [2.05, 4.69) is 5.32 Å². The maximum absolute atomic E-state index is 11.9. The monoisotopic (exact) mass is 279 g/mol. The zero-order chi connectivity index (χ0) is 12.7. The Morgan fingerprint density at radius 3 is 2.72 bits per heavy atom. The van der Waals surface area contributed by atoms with E-state index in [0.29, 0.717) is 22.0 Å². The minimum absolute atomic E-state index is 0.181. The number of furan rings is 1. The topological polar surface area (TPSA) is 42.2 Å². The highest BCUT2D eigenvalue weighted by molar-refractivity contribution is 6.36. The lowest BCUT2D eigenvalue weighted by molar-refractivity contribution is -0.110. The molecule has 0 atom stereocenters. The molecule has 5 heteroatoms. The van der Waals surface area contributed by atoms with Crippen LogP contribution in [0.15, 0.2) is 34.7 Å². The minimum Gasteiger partial charge on any atom is -0.445 e. The molecule has 1 aliphatic rings. The van der Waals surface area contributed by atoms with Gasteiger partial charge in [-0.25, -0.2) is 0 Å². The van der Waals surface area contributed by atoms with E-state index in [1.807, 2.05) is 0 Å². The summed E-state index contributed by atoms with van der Waals surface area (Å²) in [5, 5.41) is 3.62. The van der Waals surface area contributed by atoms with Gasteiger partial charge in [0, 0.05) is 10.6 Å². The minimum atomic E-state index is -0.181. The van der Waals surface area contributed by atoms with Gasteiger partial charge < -0.3 is 9.73 Å². The van der Waals surface area contributed by atoms with Gasteiger partial charge in [-0.3, -0.25) is 4.79 Å². The Hall–Kier alpha value is -1.71. The van der Waals surface area contributed by atoms with Crippen molar-refractivity contribution in [2.24, 2.45) is 0 Å². The fourth-order valence-electron chi connectivity index (χ4n) is 1.86. The molecule has 90 valence electrons. The summed E-state index contributed by atoms with van der Waals surface area (Å²) in [6.45, 7) is 0. The van der Waals surface area contributed by atoms with Crippen LogP contribution in [-0.2, 0) is 4.79 Å². The summed E-state index contributed by atoms with van der Waals surface area (Å²) in [4.78, 5) is 11.9. The Bertz CT molecular complexity index is 673. The molecule has 1 aromatic heterocycles. The molecule has 0 saturated carbocycles. The third-order valence-electron chi connectivity index (χ3n) is 2.65. The molecule has 2 aromatic rings. The van der Waals surface area contributed by atoms with Crippen LogP contribution in [0.5, 0.6) is 0 Å². The number of anilines is 1. The molecule has 2 heterocycles. The number of nitrogens with one attached hydrogen (secondary N) is 1. The average molecular weight is 280 g/mol. The standard InChI is InChI=1S/C13H7Cl2NO2/c14-7-1-3-9-10(13(17)16-11(9)5-7)6-8-2-4-12(15)18-8/h1-6H,(H,16,17)/b10-6+. The Morgan fingerprint density at radius 1 is 1.17 bits per heavy atom. The Morgan fingerprint density at radius 2 is 2.00 bits per heavy atom. The van der Waals surface area contributed by atoms with Crippen LogP contribution in [0, 0.1) is 0 Å². The lowest BCUT2D eigenvalue weighted by Gasteiger charge is -1.97. The van der Waals surface area contributed by atoms with E-state index in [-0.39, 0.29) is 11.1 Å². The lowest BCUT2D eigenvalue weighted by atomic mass is 10.1. The fraction of sp³-hybridized carbons (Fsp3) is 0. The summed E-state index contributed by atoms with van der Waals surface area (Å²) < 4.78 is 5.22. The van der Waals surface area contributed by atoms with Gasteiger partial charge in [-0.05, 0) is 41.9 Å². The third-order valence-corrected chi connectivity index (χ3v) is 3.08. The molecule has 1 N–H and O–H groups in total. The second kappa shape index (κ2) is 4.19. The summed E-state index contributed by atoms with van der Waals surface area (Å²) in [5.41, 5.74) is 2.04. The molecule has 0 bridgehead atoms. The van der Waals surface area contributed by atoms with E-state index in [4.69, 9.17) is 27.6 Å². The van der Waals surface area contributed by atoms with Crippen molar-refractivity contribution in [2.45, 2.75) is 0 Å². The smallest absolute Gasteiger partial charge is 0.256 e. The molecule has 18 heavy (non-hydrogen) atoms. The van der Waals surface area contributed by atoms with Crippen LogP contribution in [-0.4, -0.2) is 5.91 Å². The highest BCUT2D eigenvalue weighted by Crippen LogP contribution is 2.35. The Kier molecular flexibility index (Phi) is 2.65.